The molecule has 0 spiro atoms. The molecule has 11 heteroatoms. The molecule has 0 saturated carbocycles. The summed E-state index contributed by atoms with van der Waals surface area (Å²) in [5, 5.41) is 22.5. The van der Waals surface area contributed by atoms with E-state index in [4.69, 9.17) is 27.9 Å². The van der Waals surface area contributed by atoms with Crippen LogP contribution >= 0.6 is 23.2 Å². The van der Waals surface area contributed by atoms with Crippen LogP contribution in [0.25, 0.3) is 10.9 Å². The summed E-state index contributed by atoms with van der Waals surface area (Å²) in [4.78, 5) is -0.0508. The second-order valence-electron chi connectivity index (χ2n) is 8.14. The van der Waals surface area contributed by atoms with E-state index in [-0.39, 0.29) is 21.5 Å². The van der Waals surface area contributed by atoms with Crippen LogP contribution < -0.4 is 14.8 Å². The number of aliphatic hydroxyl groups excluding tert-OH is 1. The maximum absolute atomic E-state index is 12.7. The number of aromatic amines is 1. The Morgan fingerprint density at radius 3 is 2.61 bits per heavy atom. The van der Waals surface area contributed by atoms with Crippen molar-refractivity contribution >= 4 is 49.8 Å². The Morgan fingerprint density at radius 1 is 1.08 bits per heavy atom. The third kappa shape index (κ3) is 6.48. The van der Waals surface area contributed by atoms with Gasteiger partial charge in [-0.1, -0.05) is 42.3 Å². The third-order valence-electron chi connectivity index (χ3n) is 5.50. The molecule has 8 nitrogen and oxygen atoms in total. The van der Waals surface area contributed by atoms with Gasteiger partial charge in [0.15, 0.2) is 0 Å². The van der Waals surface area contributed by atoms with Gasteiger partial charge < -0.3 is 15.2 Å². The Bertz CT molecular complexity index is 1440. The first kappa shape index (κ1) is 26.2. The molecule has 1 heterocycles. The SMILES string of the molecule is CCc1n[nH]c2cc(OCCNC[C@H](O)c3cccc(NS(=O)(=O)c4cc(Cl)cc(Cl)c4)c3)ccc12. The number of aryl methyl sites for hydroxylation is 1. The van der Waals surface area contributed by atoms with E-state index in [0.29, 0.717) is 24.4 Å². The number of ether oxygens (including phenoxy) is 1. The molecule has 4 rings (SSSR count). The fourth-order valence-electron chi connectivity index (χ4n) is 3.72. The van der Waals surface area contributed by atoms with Crippen molar-refractivity contribution in [1.29, 1.82) is 0 Å². The molecular weight excluding hydrogens is 523 g/mol. The van der Waals surface area contributed by atoms with Crippen molar-refractivity contribution in [2.24, 2.45) is 0 Å². The minimum absolute atomic E-state index is 0.0508. The van der Waals surface area contributed by atoms with Crippen LogP contribution in [-0.4, -0.2) is 43.4 Å². The Balaban J connectivity index is 1.28. The average Bonchev–Trinajstić information content (AvgIpc) is 3.25. The third-order valence-corrected chi connectivity index (χ3v) is 7.30. The van der Waals surface area contributed by atoms with Gasteiger partial charge in [-0.05, 0) is 54.4 Å². The molecular formula is C25H26Cl2N4O4S. The summed E-state index contributed by atoms with van der Waals surface area (Å²) in [5.74, 6) is 0.733. The molecule has 3 aromatic carbocycles. The minimum atomic E-state index is -3.90. The maximum atomic E-state index is 12.7. The lowest BCUT2D eigenvalue weighted by Gasteiger charge is -2.15. The van der Waals surface area contributed by atoms with Gasteiger partial charge in [-0.25, -0.2) is 8.42 Å². The van der Waals surface area contributed by atoms with E-state index < -0.39 is 16.1 Å². The van der Waals surface area contributed by atoms with E-state index >= 15 is 0 Å². The lowest BCUT2D eigenvalue weighted by atomic mass is 10.1. The molecule has 1 atom stereocenters. The molecule has 0 aliphatic rings. The highest BCUT2D eigenvalue weighted by molar-refractivity contribution is 7.92. The fourth-order valence-corrected chi connectivity index (χ4v) is 5.49. The minimum Gasteiger partial charge on any atom is -0.492 e. The predicted octanol–water partition coefficient (Wildman–Crippen LogP) is 4.93. The Morgan fingerprint density at radius 2 is 1.86 bits per heavy atom. The number of benzene rings is 3. The van der Waals surface area contributed by atoms with Gasteiger partial charge in [0.2, 0.25) is 0 Å². The summed E-state index contributed by atoms with van der Waals surface area (Å²) >= 11 is 11.9. The van der Waals surface area contributed by atoms with Crippen LogP contribution in [0.15, 0.2) is 65.6 Å². The number of halogens is 2. The zero-order chi connectivity index (χ0) is 25.7. The monoisotopic (exact) mass is 548 g/mol. The van der Waals surface area contributed by atoms with Gasteiger partial charge in [-0.15, -0.1) is 0 Å². The van der Waals surface area contributed by atoms with E-state index in [1.807, 2.05) is 18.2 Å². The van der Waals surface area contributed by atoms with Crippen molar-refractivity contribution in [3.05, 3.63) is 82.0 Å². The number of H-pyrrole nitrogens is 1. The molecule has 1 aromatic heterocycles. The number of aromatic nitrogens is 2. The summed E-state index contributed by atoms with van der Waals surface area (Å²) in [7, 11) is -3.90. The highest BCUT2D eigenvalue weighted by atomic mass is 35.5. The number of fused-ring (bicyclic) bond motifs is 1. The van der Waals surface area contributed by atoms with Crippen LogP contribution in [0.2, 0.25) is 10.0 Å². The molecule has 190 valence electrons. The second-order valence-corrected chi connectivity index (χ2v) is 10.7. The molecule has 0 amide bonds. The number of nitrogens with zero attached hydrogens (tertiary/aromatic N) is 1. The molecule has 0 radical (unpaired) electrons. The maximum Gasteiger partial charge on any atom is 0.261 e. The van der Waals surface area contributed by atoms with Crippen molar-refractivity contribution in [2.45, 2.75) is 24.3 Å². The van der Waals surface area contributed by atoms with Crippen LogP contribution in [0.5, 0.6) is 5.75 Å². The molecule has 4 aromatic rings. The van der Waals surface area contributed by atoms with Crippen LogP contribution in [0.1, 0.15) is 24.3 Å². The normalized spacial score (nSPS) is 12.6. The first-order chi connectivity index (χ1) is 17.2. The van der Waals surface area contributed by atoms with E-state index in [0.717, 1.165) is 28.8 Å². The summed E-state index contributed by atoms with van der Waals surface area (Å²) in [6.45, 7) is 3.25. The van der Waals surface area contributed by atoms with Crippen LogP contribution in [0.3, 0.4) is 0 Å². The zero-order valence-corrected chi connectivity index (χ0v) is 21.8. The lowest BCUT2D eigenvalue weighted by Crippen LogP contribution is -2.26. The van der Waals surface area contributed by atoms with Crippen molar-refractivity contribution in [3.8, 4) is 5.75 Å². The summed E-state index contributed by atoms with van der Waals surface area (Å²) < 4.78 is 33.7. The number of nitrogens with one attached hydrogen (secondary N) is 3. The first-order valence-electron chi connectivity index (χ1n) is 11.3. The van der Waals surface area contributed by atoms with Gasteiger partial charge in [-0.2, -0.15) is 5.10 Å². The molecule has 0 fully saturated rings. The van der Waals surface area contributed by atoms with Crippen LogP contribution in [0, 0.1) is 0 Å². The summed E-state index contributed by atoms with van der Waals surface area (Å²) in [6, 6.07) is 16.5. The Labute approximate surface area is 219 Å². The van der Waals surface area contributed by atoms with Gasteiger partial charge in [0.1, 0.15) is 12.4 Å². The van der Waals surface area contributed by atoms with Crippen molar-refractivity contribution in [3.63, 3.8) is 0 Å². The largest absolute Gasteiger partial charge is 0.492 e. The summed E-state index contributed by atoms with van der Waals surface area (Å²) in [6.07, 6.45) is 0.0155. The number of aliphatic hydroxyl groups is 1. The first-order valence-corrected chi connectivity index (χ1v) is 13.6. The number of rotatable bonds is 11. The summed E-state index contributed by atoms with van der Waals surface area (Å²) in [5.41, 5.74) is 2.83. The number of hydrogen-bond acceptors (Lipinski definition) is 6. The van der Waals surface area contributed by atoms with E-state index in [1.165, 1.54) is 18.2 Å². The predicted molar refractivity (Wildman–Crippen MR) is 143 cm³/mol. The van der Waals surface area contributed by atoms with Gasteiger partial charge in [0.05, 0.1) is 22.2 Å². The van der Waals surface area contributed by atoms with Crippen molar-refractivity contribution in [2.75, 3.05) is 24.4 Å². The van der Waals surface area contributed by atoms with Crippen molar-refractivity contribution < 1.29 is 18.3 Å². The van der Waals surface area contributed by atoms with Crippen LogP contribution in [0.4, 0.5) is 5.69 Å². The van der Waals surface area contributed by atoms with E-state index in [2.05, 4.69) is 27.2 Å². The standard InChI is InChI=1S/C25H26Cl2N4O4S/c1-2-23-22-7-6-20(14-24(22)30-29-23)35-9-8-28-15-25(32)16-4-3-5-19(10-16)31-36(33,34)21-12-17(26)11-18(27)13-21/h3-7,10-14,25,28,31-32H,2,8-9,15H2,1H3,(H,29,30)/t25-/m0/s1. The van der Waals surface area contributed by atoms with Gasteiger partial charge in [0, 0.05) is 40.3 Å². The Hall–Kier alpha value is -2.82. The van der Waals surface area contributed by atoms with E-state index in [1.54, 1.807) is 24.3 Å². The van der Waals surface area contributed by atoms with E-state index in [9.17, 15) is 13.5 Å². The van der Waals surface area contributed by atoms with Crippen LogP contribution in [-0.2, 0) is 16.4 Å². The fraction of sp³-hybridized carbons (Fsp3) is 0.240. The van der Waals surface area contributed by atoms with Crippen molar-refractivity contribution in [1.82, 2.24) is 15.5 Å². The smallest absolute Gasteiger partial charge is 0.261 e. The second kappa shape index (κ2) is 11.5. The van der Waals surface area contributed by atoms with Gasteiger partial charge in [0.25, 0.3) is 10.0 Å². The highest BCUT2D eigenvalue weighted by Crippen LogP contribution is 2.25. The zero-order valence-electron chi connectivity index (χ0n) is 19.5. The van der Waals surface area contributed by atoms with Gasteiger partial charge >= 0.3 is 0 Å². The molecule has 0 bridgehead atoms. The molecule has 0 unspecified atom stereocenters. The highest BCUT2D eigenvalue weighted by Gasteiger charge is 2.17. The Kier molecular flexibility index (Phi) is 8.38. The number of sulfonamides is 1. The number of anilines is 1. The van der Waals surface area contributed by atoms with Gasteiger partial charge in [-0.3, -0.25) is 9.82 Å². The molecule has 4 N–H and O–H groups in total. The number of hydrogen-bond donors (Lipinski definition) is 4. The quantitative estimate of drug-likeness (QED) is 0.197. The topological polar surface area (TPSA) is 116 Å². The molecule has 0 aliphatic heterocycles. The molecule has 0 aliphatic carbocycles. The average molecular weight is 549 g/mol. The molecule has 0 saturated heterocycles. The lowest BCUT2D eigenvalue weighted by molar-refractivity contribution is 0.172. The molecule has 36 heavy (non-hydrogen) atoms.